The molecule has 80 valence electrons. The summed E-state index contributed by atoms with van der Waals surface area (Å²) in [5.74, 6) is 1.04. The molecule has 0 radical (unpaired) electrons. The molecule has 1 unspecified atom stereocenters. The Balaban J connectivity index is 1.82. The fraction of sp³-hybridized carbons (Fsp3) is 0.636. The van der Waals surface area contributed by atoms with Gasteiger partial charge in [-0.15, -0.1) is 0 Å². The van der Waals surface area contributed by atoms with Gasteiger partial charge in [0.15, 0.2) is 0 Å². The van der Waals surface area contributed by atoms with Gasteiger partial charge in [-0.1, -0.05) is 6.92 Å². The summed E-state index contributed by atoms with van der Waals surface area (Å²) in [6.45, 7) is 4.08. The third kappa shape index (κ3) is 2.80. The number of hydrogen-bond acceptors (Lipinski definition) is 3. The van der Waals surface area contributed by atoms with E-state index in [0.29, 0.717) is 11.7 Å². The maximum atomic E-state index is 8.80. The minimum absolute atomic E-state index is 0.508. The van der Waals surface area contributed by atoms with Crippen molar-refractivity contribution in [1.82, 2.24) is 14.9 Å². The van der Waals surface area contributed by atoms with Crippen LogP contribution in [0.15, 0.2) is 12.4 Å². The van der Waals surface area contributed by atoms with E-state index < -0.39 is 0 Å². The Kier molecular flexibility index (Phi) is 3.02. The Morgan fingerprint density at radius 1 is 1.73 bits per heavy atom. The zero-order valence-electron chi connectivity index (χ0n) is 8.98. The van der Waals surface area contributed by atoms with Gasteiger partial charge in [-0.25, -0.2) is 4.98 Å². The molecule has 1 aliphatic rings. The Morgan fingerprint density at radius 3 is 3.20 bits per heavy atom. The molecule has 4 heteroatoms. The fourth-order valence-electron chi connectivity index (χ4n) is 1.63. The van der Waals surface area contributed by atoms with Crippen molar-refractivity contribution in [2.24, 2.45) is 5.92 Å². The van der Waals surface area contributed by atoms with Crippen molar-refractivity contribution in [3.05, 3.63) is 18.2 Å². The predicted molar refractivity (Wildman–Crippen MR) is 57.1 cm³/mol. The molecular weight excluding hydrogens is 188 g/mol. The first kappa shape index (κ1) is 10.2. The highest BCUT2D eigenvalue weighted by molar-refractivity contribution is 5.11. The van der Waals surface area contributed by atoms with Crippen molar-refractivity contribution >= 4 is 0 Å². The second-order valence-corrected chi connectivity index (χ2v) is 4.30. The first-order chi connectivity index (χ1) is 7.29. The third-order valence-electron chi connectivity index (χ3n) is 2.66. The normalized spacial score (nSPS) is 17.3. The number of imidazole rings is 1. The summed E-state index contributed by atoms with van der Waals surface area (Å²) >= 11 is 0. The average molecular weight is 204 g/mol. The highest BCUT2D eigenvalue weighted by Gasteiger charge is 2.20. The summed E-state index contributed by atoms with van der Waals surface area (Å²) < 4.78 is 1.92. The lowest BCUT2D eigenvalue weighted by atomic mass is 10.2. The van der Waals surface area contributed by atoms with E-state index in [1.54, 1.807) is 6.20 Å². The fourth-order valence-corrected chi connectivity index (χ4v) is 1.63. The van der Waals surface area contributed by atoms with Gasteiger partial charge in [0, 0.05) is 25.0 Å². The van der Waals surface area contributed by atoms with Gasteiger partial charge in [-0.05, 0) is 25.3 Å². The van der Waals surface area contributed by atoms with Gasteiger partial charge in [0.05, 0.1) is 0 Å². The van der Waals surface area contributed by atoms with Crippen LogP contribution in [0.5, 0.6) is 0 Å². The van der Waals surface area contributed by atoms with Crippen molar-refractivity contribution in [3.63, 3.8) is 0 Å². The van der Waals surface area contributed by atoms with Gasteiger partial charge < -0.3 is 9.88 Å². The minimum atomic E-state index is 0.508. The molecule has 0 bridgehead atoms. The van der Waals surface area contributed by atoms with Gasteiger partial charge in [0.2, 0.25) is 5.82 Å². The zero-order valence-corrected chi connectivity index (χ0v) is 8.98. The number of nitriles is 1. The highest BCUT2D eigenvalue weighted by Crippen LogP contribution is 2.18. The van der Waals surface area contributed by atoms with E-state index in [1.807, 2.05) is 10.8 Å². The topological polar surface area (TPSA) is 53.6 Å². The largest absolute Gasteiger partial charge is 0.322 e. The molecule has 1 atom stereocenters. The second kappa shape index (κ2) is 4.45. The van der Waals surface area contributed by atoms with Crippen LogP contribution in [0.3, 0.4) is 0 Å². The summed E-state index contributed by atoms with van der Waals surface area (Å²) in [6, 6.07) is 2.84. The average Bonchev–Trinajstić information content (AvgIpc) is 2.96. The number of nitrogens with zero attached hydrogens (tertiary/aromatic N) is 3. The summed E-state index contributed by atoms with van der Waals surface area (Å²) in [5.41, 5.74) is 0. The van der Waals surface area contributed by atoms with E-state index in [4.69, 9.17) is 5.26 Å². The molecule has 1 aromatic rings. The quantitative estimate of drug-likeness (QED) is 0.782. The Hall–Kier alpha value is -1.34. The summed E-state index contributed by atoms with van der Waals surface area (Å²) in [4.78, 5) is 3.98. The highest BCUT2D eigenvalue weighted by atomic mass is 15.1. The van der Waals surface area contributed by atoms with Crippen LogP contribution in [0.2, 0.25) is 0 Å². The van der Waals surface area contributed by atoms with Crippen molar-refractivity contribution in [2.75, 3.05) is 6.54 Å². The van der Waals surface area contributed by atoms with Crippen LogP contribution in [0, 0.1) is 17.2 Å². The molecule has 0 aromatic carbocycles. The summed E-state index contributed by atoms with van der Waals surface area (Å²) in [7, 11) is 0. The third-order valence-corrected chi connectivity index (χ3v) is 2.66. The van der Waals surface area contributed by atoms with Gasteiger partial charge in [-0.2, -0.15) is 5.26 Å². The van der Waals surface area contributed by atoms with Crippen LogP contribution in [-0.2, 0) is 6.54 Å². The monoisotopic (exact) mass is 204 g/mol. The summed E-state index contributed by atoms with van der Waals surface area (Å²) in [5, 5.41) is 12.3. The molecule has 1 aliphatic carbocycles. The van der Waals surface area contributed by atoms with Gasteiger partial charge in [-0.3, -0.25) is 0 Å². The lowest BCUT2D eigenvalue weighted by Crippen LogP contribution is -2.25. The Bertz CT molecular complexity index is 359. The van der Waals surface area contributed by atoms with Gasteiger partial charge in [0.1, 0.15) is 6.07 Å². The van der Waals surface area contributed by atoms with Crippen LogP contribution in [0.1, 0.15) is 25.6 Å². The smallest absolute Gasteiger partial charge is 0.212 e. The van der Waals surface area contributed by atoms with Crippen molar-refractivity contribution < 1.29 is 0 Å². The van der Waals surface area contributed by atoms with E-state index in [2.05, 4.69) is 23.3 Å². The molecule has 1 heterocycles. The molecule has 1 aromatic heterocycles. The number of hydrogen-bond donors (Lipinski definition) is 1. The van der Waals surface area contributed by atoms with E-state index >= 15 is 0 Å². The maximum Gasteiger partial charge on any atom is 0.212 e. The van der Waals surface area contributed by atoms with E-state index in [-0.39, 0.29) is 0 Å². The Morgan fingerprint density at radius 2 is 2.53 bits per heavy atom. The zero-order chi connectivity index (χ0) is 10.7. The van der Waals surface area contributed by atoms with Crippen LogP contribution in [0.25, 0.3) is 0 Å². The SMILES string of the molecule is CC(CNC1CC1)Cn1ccnc1C#N. The minimum Gasteiger partial charge on any atom is -0.322 e. The molecule has 0 spiro atoms. The van der Waals surface area contributed by atoms with E-state index in [1.165, 1.54) is 12.8 Å². The van der Waals surface area contributed by atoms with Crippen molar-refractivity contribution in [3.8, 4) is 6.07 Å². The lowest BCUT2D eigenvalue weighted by Gasteiger charge is -2.13. The summed E-state index contributed by atoms with van der Waals surface area (Å²) in [6.07, 6.45) is 6.19. The maximum absolute atomic E-state index is 8.80. The van der Waals surface area contributed by atoms with Crippen LogP contribution >= 0.6 is 0 Å². The van der Waals surface area contributed by atoms with Crippen LogP contribution < -0.4 is 5.32 Å². The molecule has 15 heavy (non-hydrogen) atoms. The molecule has 0 saturated heterocycles. The lowest BCUT2D eigenvalue weighted by molar-refractivity contribution is 0.442. The number of rotatable bonds is 5. The Labute approximate surface area is 89.9 Å². The first-order valence-electron chi connectivity index (χ1n) is 5.44. The molecule has 1 N–H and O–H groups in total. The van der Waals surface area contributed by atoms with Gasteiger partial charge in [0.25, 0.3) is 0 Å². The molecule has 2 rings (SSSR count). The molecule has 1 fully saturated rings. The first-order valence-corrected chi connectivity index (χ1v) is 5.44. The van der Waals surface area contributed by atoms with E-state index in [9.17, 15) is 0 Å². The second-order valence-electron chi connectivity index (χ2n) is 4.30. The molecule has 1 saturated carbocycles. The number of nitrogens with one attached hydrogen (secondary N) is 1. The van der Waals surface area contributed by atoms with Crippen molar-refractivity contribution in [2.45, 2.75) is 32.4 Å². The molecule has 0 amide bonds. The molecule has 4 nitrogen and oxygen atoms in total. The number of aromatic nitrogens is 2. The molecule has 0 aliphatic heterocycles. The molecular formula is C11H16N4. The predicted octanol–water partition coefficient (Wildman–Crippen LogP) is 1.14. The standard InChI is InChI=1S/C11H16N4/c1-9(7-14-10-2-3-10)8-15-5-4-13-11(15)6-12/h4-5,9-10,14H,2-3,7-8H2,1H3. The van der Waals surface area contributed by atoms with Crippen molar-refractivity contribution in [1.29, 1.82) is 5.26 Å². The van der Waals surface area contributed by atoms with Crippen LogP contribution in [0.4, 0.5) is 0 Å². The van der Waals surface area contributed by atoms with Crippen LogP contribution in [-0.4, -0.2) is 22.1 Å². The van der Waals surface area contributed by atoms with Gasteiger partial charge >= 0.3 is 0 Å². The van der Waals surface area contributed by atoms with E-state index in [0.717, 1.165) is 19.1 Å².